The van der Waals surface area contributed by atoms with Gasteiger partial charge < -0.3 is 4.57 Å². The van der Waals surface area contributed by atoms with E-state index in [1.54, 1.807) is 22.8 Å². The maximum atomic E-state index is 11.3. The van der Waals surface area contributed by atoms with Crippen LogP contribution in [0, 0.1) is 11.3 Å². The van der Waals surface area contributed by atoms with Crippen LogP contribution in [0.1, 0.15) is 0 Å². The number of rotatable bonds is 1. The quantitative estimate of drug-likeness (QED) is 0.663. The van der Waals surface area contributed by atoms with Crippen LogP contribution >= 0.6 is 0 Å². The average Bonchev–Trinajstić information content (AvgIpc) is 2.23. The molecular formula is C10H7N3O. The molecule has 0 unspecified atom stereocenters. The van der Waals surface area contributed by atoms with Crippen molar-refractivity contribution in [3.63, 3.8) is 0 Å². The third-order valence-corrected chi connectivity index (χ3v) is 2.00. The third kappa shape index (κ3) is 1.25. The summed E-state index contributed by atoms with van der Waals surface area (Å²) in [5, 5.41) is 9.12. The fourth-order valence-electron chi connectivity index (χ4n) is 1.36. The van der Waals surface area contributed by atoms with Gasteiger partial charge in [0.05, 0.1) is 17.0 Å². The molecule has 0 amide bonds. The van der Waals surface area contributed by atoms with Crippen molar-refractivity contribution in [2.75, 3.05) is 0 Å². The minimum Gasteiger partial charge on any atom is -0.318 e. The van der Waals surface area contributed by atoms with Gasteiger partial charge in [0.25, 0.3) is 5.56 Å². The minimum absolute atomic E-state index is 0.202. The zero-order valence-corrected chi connectivity index (χ0v) is 7.34. The Hall–Kier alpha value is -2.15. The summed E-state index contributed by atoms with van der Waals surface area (Å²) in [4.78, 5) is 15.0. The molecule has 1 aromatic carbocycles. The molecule has 0 saturated heterocycles. The van der Waals surface area contributed by atoms with Crippen molar-refractivity contribution in [1.82, 2.24) is 9.55 Å². The van der Waals surface area contributed by atoms with Crippen molar-refractivity contribution in [2.45, 2.75) is 6.54 Å². The summed E-state index contributed by atoms with van der Waals surface area (Å²) in [6.45, 7) is 0.202. The molecule has 0 saturated carbocycles. The standard InChI is InChI=1S/C10H7N3O/c11-5-6-13-7-12-10(14)8-3-1-2-4-9(8)13/h1-4,7H,6H2. The number of hydrogen-bond donors (Lipinski definition) is 0. The molecule has 2 rings (SSSR count). The predicted molar refractivity (Wildman–Crippen MR) is 51.6 cm³/mol. The minimum atomic E-state index is -0.255. The molecule has 0 atom stereocenters. The van der Waals surface area contributed by atoms with E-state index in [2.05, 4.69) is 4.98 Å². The molecule has 0 bridgehead atoms. The Labute approximate surface area is 80.0 Å². The molecule has 14 heavy (non-hydrogen) atoms. The number of fused-ring (bicyclic) bond motifs is 1. The molecule has 0 spiro atoms. The highest BCUT2D eigenvalue weighted by molar-refractivity contribution is 5.77. The van der Waals surface area contributed by atoms with E-state index in [1.165, 1.54) is 6.33 Å². The highest BCUT2D eigenvalue weighted by Gasteiger charge is 2.01. The molecule has 1 aromatic heterocycles. The third-order valence-electron chi connectivity index (χ3n) is 2.00. The molecule has 4 nitrogen and oxygen atoms in total. The van der Waals surface area contributed by atoms with Crippen LogP contribution in [0.3, 0.4) is 0 Å². The highest BCUT2D eigenvalue weighted by atomic mass is 16.1. The van der Waals surface area contributed by atoms with E-state index in [0.29, 0.717) is 5.39 Å². The van der Waals surface area contributed by atoms with E-state index in [-0.39, 0.29) is 12.1 Å². The monoisotopic (exact) mass is 185 g/mol. The molecule has 0 aliphatic rings. The van der Waals surface area contributed by atoms with Crippen molar-refractivity contribution in [3.8, 4) is 6.07 Å². The Morgan fingerprint density at radius 1 is 1.43 bits per heavy atom. The lowest BCUT2D eigenvalue weighted by Gasteiger charge is -2.04. The van der Waals surface area contributed by atoms with Gasteiger partial charge >= 0.3 is 0 Å². The fraction of sp³-hybridized carbons (Fsp3) is 0.100. The number of hydrogen-bond acceptors (Lipinski definition) is 3. The van der Waals surface area contributed by atoms with E-state index in [0.717, 1.165) is 5.52 Å². The van der Waals surface area contributed by atoms with Crippen molar-refractivity contribution in [2.24, 2.45) is 0 Å². The van der Waals surface area contributed by atoms with E-state index in [1.807, 2.05) is 12.1 Å². The lowest BCUT2D eigenvalue weighted by atomic mass is 10.2. The Bertz CT molecular complexity index is 565. The lowest BCUT2D eigenvalue weighted by molar-refractivity contribution is 0.828. The van der Waals surface area contributed by atoms with Gasteiger partial charge in [0.1, 0.15) is 12.9 Å². The molecule has 68 valence electrons. The van der Waals surface area contributed by atoms with Crippen LogP contribution in [0.15, 0.2) is 35.4 Å². The van der Waals surface area contributed by atoms with Gasteiger partial charge in [-0.2, -0.15) is 10.2 Å². The Kier molecular flexibility index (Phi) is 1.99. The maximum absolute atomic E-state index is 11.3. The van der Waals surface area contributed by atoms with E-state index in [9.17, 15) is 4.79 Å². The van der Waals surface area contributed by atoms with Crippen molar-refractivity contribution in [3.05, 3.63) is 40.9 Å². The molecular weight excluding hydrogens is 178 g/mol. The van der Waals surface area contributed by atoms with E-state index < -0.39 is 0 Å². The van der Waals surface area contributed by atoms with Gasteiger partial charge in [0.15, 0.2) is 0 Å². The number of para-hydroxylation sites is 1. The first kappa shape index (κ1) is 8.45. The Morgan fingerprint density at radius 2 is 2.21 bits per heavy atom. The molecule has 4 heteroatoms. The van der Waals surface area contributed by atoms with Crippen molar-refractivity contribution < 1.29 is 0 Å². The first-order valence-corrected chi connectivity index (χ1v) is 4.14. The molecule has 0 fully saturated rings. The molecule has 0 aliphatic carbocycles. The fourth-order valence-corrected chi connectivity index (χ4v) is 1.36. The van der Waals surface area contributed by atoms with Crippen LogP contribution in [0.4, 0.5) is 0 Å². The molecule has 1 heterocycles. The zero-order valence-electron chi connectivity index (χ0n) is 7.34. The molecule has 2 aromatic rings. The van der Waals surface area contributed by atoms with Gasteiger partial charge in [-0.05, 0) is 12.1 Å². The summed E-state index contributed by atoms with van der Waals surface area (Å²) < 4.78 is 1.65. The zero-order chi connectivity index (χ0) is 9.97. The van der Waals surface area contributed by atoms with Gasteiger partial charge in [-0.1, -0.05) is 12.1 Å². The van der Waals surface area contributed by atoms with Crippen LogP contribution in [0.25, 0.3) is 10.9 Å². The first-order valence-electron chi connectivity index (χ1n) is 4.14. The maximum Gasteiger partial charge on any atom is 0.280 e. The van der Waals surface area contributed by atoms with Crippen molar-refractivity contribution in [1.29, 1.82) is 5.26 Å². The van der Waals surface area contributed by atoms with Crippen LogP contribution in [-0.4, -0.2) is 9.55 Å². The Balaban J connectivity index is 2.83. The van der Waals surface area contributed by atoms with Crippen LogP contribution in [0.5, 0.6) is 0 Å². The number of benzene rings is 1. The number of nitrogens with zero attached hydrogens (tertiary/aromatic N) is 3. The van der Waals surface area contributed by atoms with Crippen LogP contribution < -0.4 is 5.56 Å². The van der Waals surface area contributed by atoms with Gasteiger partial charge in [-0.3, -0.25) is 4.79 Å². The van der Waals surface area contributed by atoms with Gasteiger partial charge in [-0.25, -0.2) is 0 Å². The molecule has 0 radical (unpaired) electrons. The number of aromatic nitrogens is 2. The second-order valence-electron chi connectivity index (χ2n) is 2.85. The Morgan fingerprint density at radius 3 is 3.00 bits per heavy atom. The summed E-state index contributed by atoms with van der Waals surface area (Å²) in [5.41, 5.74) is 0.490. The normalized spacial score (nSPS) is 9.93. The first-order chi connectivity index (χ1) is 6.83. The highest BCUT2D eigenvalue weighted by Crippen LogP contribution is 2.07. The number of nitriles is 1. The SMILES string of the molecule is N#CCn1cnc(=O)c2ccccc21. The lowest BCUT2D eigenvalue weighted by Crippen LogP contribution is -2.11. The summed E-state index contributed by atoms with van der Waals surface area (Å²) >= 11 is 0. The van der Waals surface area contributed by atoms with Gasteiger partial charge in [0.2, 0.25) is 0 Å². The van der Waals surface area contributed by atoms with E-state index >= 15 is 0 Å². The van der Waals surface area contributed by atoms with Gasteiger partial charge in [-0.15, -0.1) is 0 Å². The second-order valence-corrected chi connectivity index (χ2v) is 2.85. The topological polar surface area (TPSA) is 58.7 Å². The van der Waals surface area contributed by atoms with Crippen LogP contribution in [-0.2, 0) is 6.54 Å². The van der Waals surface area contributed by atoms with Crippen molar-refractivity contribution >= 4 is 10.9 Å². The summed E-state index contributed by atoms with van der Waals surface area (Å²) in [5.74, 6) is 0. The molecule has 0 aliphatic heterocycles. The van der Waals surface area contributed by atoms with Gasteiger partial charge in [0, 0.05) is 0 Å². The smallest absolute Gasteiger partial charge is 0.280 e. The second kappa shape index (κ2) is 3.30. The summed E-state index contributed by atoms with van der Waals surface area (Å²) in [7, 11) is 0. The van der Waals surface area contributed by atoms with E-state index in [4.69, 9.17) is 5.26 Å². The average molecular weight is 185 g/mol. The largest absolute Gasteiger partial charge is 0.318 e. The summed E-state index contributed by atoms with van der Waals surface area (Å²) in [6, 6.07) is 9.13. The molecule has 0 N–H and O–H groups in total. The summed E-state index contributed by atoms with van der Waals surface area (Å²) in [6.07, 6.45) is 1.40. The van der Waals surface area contributed by atoms with Crippen LogP contribution in [0.2, 0.25) is 0 Å². The predicted octanol–water partition coefficient (Wildman–Crippen LogP) is 0.920.